The van der Waals surface area contributed by atoms with Gasteiger partial charge in [0.1, 0.15) is 5.82 Å². The van der Waals surface area contributed by atoms with Crippen LogP contribution >= 0.6 is 0 Å². The lowest BCUT2D eigenvalue weighted by Crippen LogP contribution is -2.29. The highest BCUT2D eigenvalue weighted by molar-refractivity contribution is 5.65. The maximum Gasteiger partial charge on any atom is 0.331 e. The summed E-state index contributed by atoms with van der Waals surface area (Å²) >= 11 is 0. The van der Waals surface area contributed by atoms with E-state index in [1.807, 2.05) is 12.1 Å². The van der Waals surface area contributed by atoms with Gasteiger partial charge < -0.3 is 15.2 Å². The van der Waals surface area contributed by atoms with Crippen LogP contribution in [-0.4, -0.2) is 33.5 Å². The molecule has 5 rings (SSSR count). The van der Waals surface area contributed by atoms with Gasteiger partial charge in [0.25, 0.3) is 0 Å². The van der Waals surface area contributed by atoms with Crippen molar-refractivity contribution in [3.05, 3.63) is 76.1 Å². The summed E-state index contributed by atoms with van der Waals surface area (Å²) in [5, 5.41) is 13.8. The summed E-state index contributed by atoms with van der Waals surface area (Å²) in [4.78, 5) is 12.9. The number of halogens is 1. The standard InChI is InChI=1S/C25H28FN3O3/c26-22-7-5-18(6-8-22)19-3-4-20(21(11-19)12-27-23-9-10-32-16-23)14-28-15-24(30)29(25(28)31)13-17-1-2-17/h3-8,11,15,17,23,27,30H,1-2,9-10,12-14,16H2. The monoisotopic (exact) mass is 437 g/mol. The molecule has 0 bridgehead atoms. The summed E-state index contributed by atoms with van der Waals surface area (Å²) in [7, 11) is 0. The smallest absolute Gasteiger partial charge is 0.331 e. The lowest BCUT2D eigenvalue weighted by Gasteiger charge is -2.16. The number of benzene rings is 2. The Morgan fingerprint density at radius 3 is 2.56 bits per heavy atom. The number of ether oxygens (including phenoxy) is 1. The van der Waals surface area contributed by atoms with Gasteiger partial charge >= 0.3 is 5.69 Å². The molecule has 2 heterocycles. The van der Waals surface area contributed by atoms with Crippen molar-refractivity contribution < 1.29 is 14.2 Å². The third-order valence-electron chi connectivity index (χ3n) is 6.40. The Labute approximate surface area is 186 Å². The number of hydrogen-bond donors (Lipinski definition) is 2. The quantitative estimate of drug-likeness (QED) is 0.566. The van der Waals surface area contributed by atoms with Crippen LogP contribution in [0, 0.1) is 11.7 Å². The van der Waals surface area contributed by atoms with Crippen molar-refractivity contribution in [1.82, 2.24) is 14.5 Å². The second-order valence-electron chi connectivity index (χ2n) is 8.88. The maximum absolute atomic E-state index is 13.4. The Bertz CT molecular complexity index is 1140. The highest BCUT2D eigenvalue weighted by atomic mass is 19.1. The van der Waals surface area contributed by atoms with E-state index in [-0.39, 0.29) is 17.4 Å². The van der Waals surface area contributed by atoms with E-state index < -0.39 is 0 Å². The van der Waals surface area contributed by atoms with E-state index in [2.05, 4.69) is 11.4 Å². The van der Waals surface area contributed by atoms with Crippen LogP contribution in [-0.2, 0) is 24.4 Å². The zero-order valence-electron chi connectivity index (χ0n) is 18.0. The molecular weight excluding hydrogens is 409 g/mol. The first-order chi connectivity index (χ1) is 15.6. The second-order valence-corrected chi connectivity index (χ2v) is 8.88. The molecule has 0 radical (unpaired) electrons. The minimum Gasteiger partial charge on any atom is -0.493 e. The van der Waals surface area contributed by atoms with Crippen LogP contribution in [0.4, 0.5) is 4.39 Å². The fourth-order valence-electron chi connectivity index (χ4n) is 4.26. The van der Waals surface area contributed by atoms with E-state index in [0.717, 1.165) is 48.1 Å². The van der Waals surface area contributed by atoms with Crippen LogP contribution in [0.25, 0.3) is 11.1 Å². The predicted octanol–water partition coefficient (Wildman–Crippen LogP) is 3.50. The van der Waals surface area contributed by atoms with Gasteiger partial charge in [-0.2, -0.15) is 0 Å². The van der Waals surface area contributed by atoms with Crippen molar-refractivity contribution >= 4 is 0 Å². The maximum atomic E-state index is 13.4. The van der Waals surface area contributed by atoms with Gasteiger partial charge in [0, 0.05) is 25.7 Å². The molecule has 0 spiro atoms. The van der Waals surface area contributed by atoms with E-state index in [4.69, 9.17) is 4.74 Å². The number of imidazole rings is 1. The second kappa shape index (κ2) is 8.92. The minimum atomic E-state index is -0.261. The Kier molecular flexibility index (Phi) is 5.85. The molecule has 1 saturated heterocycles. The number of rotatable bonds is 8. The van der Waals surface area contributed by atoms with E-state index in [1.54, 1.807) is 16.7 Å². The highest BCUT2D eigenvalue weighted by Crippen LogP contribution is 2.31. The van der Waals surface area contributed by atoms with Gasteiger partial charge in [-0.1, -0.05) is 24.3 Å². The molecule has 1 saturated carbocycles. The van der Waals surface area contributed by atoms with Gasteiger partial charge in [-0.25, -0.2) is 9.18 Å². The molecule has 1 atom stereocenters. The average molecular weight is 438 g/mol. The average Bonchev–Trinajstić information content (AvgIpc) is 3.39. The van der Waals surface area contributed by atoms with Gasteiger partial charge in [0.2, 0.25) is 5.88 Å². The Morgan fingerprint density at radius 2 is 1.84 bits per heavy atom. The molecule has 2 aromatic carbocycles. The van der Waals surface area contributed by atoms with Gasteiger partial charge in [-0.3, -0.25) is 9.13 Å². The van der Waals surface area contributed by atoms with Crippen LogP contribution in [0.3, 0.4) is 0 Å². The fourth-order valence-corrected chi connectivity index (χ4v) is 4.26. The van der Waals surface area contributed by atoms with Crippen LogP contribution in [0.1, 0.15) is 30.4 Å². The van der Waals surface area contributed by atoms with Crippen molar-refractivity contribution in [2.24, 2.45) is 5.92 Å². The van der Waals surface area contributed by atoms with Crippen LogP contribution in [0.15, 0.2) is 53.5 Å². The molecular formula is C25H28FN3O3. The number of aromatic nitrogens is 2. The molecule has 2 N–H and O–H groups in total. The topological polar surface area (TPSA) is 68.4 Å². The van der Waals surface area contributed by atoms with Gasteiger partial charge in [-0.05, 0) is 65.6 Å². The van der Waals surface area contributed by atoms with E-state index in [1.165, 1.54) is 22.9 Å². The molecule has 1 unspecified atom stereocenters. The lowest BCUT2D eigenvalue weighted by atomic mass is 9.98. The molecule has 1 aromatic heterocycles. The molecule has 0 amide bonds. The lowest BCUT2D eigenvalue weighted by molar-refractivity contribution is 0.190. The summed E-state index contributed by atoms with van der Waals surface area (Å²) in [5.41, 5.74) is 3.83. The van der Waals surface area contributed by atoms with Crippen LogP contribution < -0.4 is 11.0 Å². The molecule has 2 aliphatic rings. The summed E-state index contributed by atoms with van der Waals surface area (Å²) in [6.45, 7) is 3.07. The number of nitrogens with one attached hydrogen (secondary N) is 1. The summed E-state index contributed by atoms with van der Waals surface area (Å²) in [5.74, 6) is 0.258. The summed E-state index contributed by atoms with van der Waals surface area (Å²) < 4.78 is 21.9. The first-order valence-electron chi connectivity index (χ1n) is 11.2. The van der Waals surface area contributed by atoms with Gasteiger partial charge in [-0.15, -0.1) is 0 Å². The molecule has 168 valence electrons. The normalized spacial score (nSPS) is 18.3. The van der Waals surface area contributed by atoms with Crippen molar-refractivity contribution in [2.45, 2.75) is 44.9 Å². The zero-order chi connectivity index (χ0) is 22.1. The van der Waals surface area contributed by atoms with E-state index in [0.29, 0.717) is 38.2 Å². The Morgan fingerprint density at radius 1 is 1.06 bits per heavy atom. The third kappa shape index (κ3) is 4.64. The number of hydrogen-bond acceptors (Lipinski definition) is 4. The molecule has 32 heavy (non-hydrogen) atoms. The molecule has 1 aliphatic heterocycles. The van der Waals surface area contributed by atoms with Crippen LogP contribution in [0.5, 0.6) is 5.88 Å². The van der Waals surface area contributed by atoms with E-state index >= 15 is 0 Å². The van der Waals surface area contributed by atoms with Gasteiger partial charge in [0.05, 0.1) is 19.3 Å². The fraction of sp³-hybridized carbons (Fsp3) is 0.400. The van der Waals surface area contributed by atoms with Crippen molar-refractivity contribution in [2.75, 3.05) is 13.2 Å². The summed E-state index contributed by atoms with van der Waals surface area (Å²) in [6.07, 6.45) is 4.73. The van der Waals surface area contributed by atoms with Crippen molar-refractivity contribution in [1.29, 1.82) is 0 Å². The number of nitrogens with zero attached hydrogens (tertiary/aromatic N) is 2. The Hall–Kier alpha value is -2.90. The predicted molar refractivity (Wildman–Crippen MR) is 120 cm³/mol. The molecule has 2 fully saturated rings. The molecule has 3 aromatic rings. The molecule has 1 aliphatic carbocycles. The minimum absolute atomic E-state index is 0.0209. The zero-order valence-corrected chi connectivity index (χ0v) is 18.0. The molecule has 7 heteroatoms. The van der Waals surface area contributed by atoms with Gasteiger partial charge in [0.15, 0.2) is 0 Å². The van der Waals surface area contributed by atoms with Crippen molar-refractivity contribution in [3.63, 3.8) is 0 Å². The SMILES string of the molecule is O=c1n(Cc2ccc(-c3ccc(F)cc3)cc2CNC2CCOC2)cc(O)n1CC1CC1. The summed E-state index contributed by atoms with van der Waals surface area (Å²) in [6, 6.07) is 12.9. The molecule has 6 nitrogen and oxygen atoms in total. The third-order valence-corrected chi connectivity index (χ3v) is 6.40. The van der Waals surface area contributed by atoms with Crippen molar-refractivity contribution in [3.8, 4) is 17.0 Å². The first-order valence-corrected chi connectivity index (χ1v) is 11.2. The van der Waals surface area contributed by atoms with Crippen LogP contribution in [0.2, 0.25) is 0 Å². The highest BCUT2D eigenvalue weighted by Gasteiger charge is 2.25. The number of aromatic hydroxyl groups is 1. The largest absolute Gasteiger partial charge is 0.493 e. The first kappa shape index (κ1) is 21.0. The Balaban J connectivity index is 1.43. The van der Waals surface area contributed by atoms with E-state index in [9.17, 15) is 14.3 Å².